The molecule has 0 aromatic carbocycles. The lowest BCUT2D eigenvalue weighted by molar-refractivity contribution is -0.141. The number of ether oxygens (including phenoxy) is 1. The minimum absolute atomic E-state index is 0.0952. The molecule has 1 aliphatic heterocycles. The fourth-order valence-electron chi connectivity index (χ4n) is 2.99. The Morgan fingerprint density at radius 1 is 1.37 bits per heavy atom. The molecule has 2 unspecified atom stereocenters. The average molecular weight is 383 g/mol. The Balaban J connectivity index is 1.60. The lowest BCUT2D eigenvalue weighted by Crippen LogP contribution is -2.42. The van der Waals surface area contributed by atoms with E-state index in [0.29, 0.717) is 19.4 Å². The molecule has 1 fully saturated rings. The molecule has 10 heteroatoms. The Bertz CT molecular complexity index is 821. The van der Waals surface area contributed by atoms with E-state index in [2.05, 4.69) is 20.6 Å². The Labute approximate surface area is 153 Å². The van der Waals surface area contributed by atoms with Gasteiger partial charge >= 0.3 is 12.2 Å². The number of carbonyl (C=O) groups excluding carboxylic acids is 1. The zero-order valence-electron chi connectivity index (χ0n) is 14.9. The van der Waals surface area contributed by atoms with Crippen LogP contribution in [0.15, 0.2) is 24.5 Å². The van der Waals surface area contributed by atoms with Crippen LogP contribution in [0, 0.1) is 6.92 Å². The van der Waals surface area contributed by atoms with Crippen LogP contribution in [0.1, 0.15) is 36.2 Å². The van der Waals surface area contributed by atoms with Gasteiger partial charge in [0.2, 0.25) is 0 Å². The van der Waals surface area contributed by atoms with Crippen molar-refractivity contribution < 1.29 is 22.7 Å². The number of nitrogens with one attached hydrogen (secondary N) is 2. The number of anilines is 1. The zero-order valence-corrected chi connectivity index (χ0v) is 14.9. The van der Waals surface area contributed by atoms with Crippen molar-refractivity contribution in [1.29, 1.82) is 0 Å². The second-order valence-electron chi connectivity index (χ2n) is 6.40. The van der Waals surface area contributed by atoms with Gasteiger partial charge in [-0.15, -0.1) is 0 Å². The van der Waals surface area contributed by atoms with Gasteiger partial charge in [-0.3, -0.25) is 0 Å². The fourth-order valence-corrected chi connectivity index (χ4v) is 2.99. The van der Waals surface area contributed by atoms with Gasteiger partial charge in [0.05, 0.1) is 11.4 Å². The summed E-state index contributed by atoms with van der Waals surface area (Å²) in [5.74, 6) is 0.782. The molecular formula is C17H20F3N5O2. The van der Waals surface area contributed by atoms with Gasteiger partial charge in [0.15, 0.2) is 0 Å². The zero-order chi connectivity index (χ0) is 19.6. The number of amides is 2. The van der Waals surface area contributed by atoms with Crippen molar-refractivity contribution in [1.82, 2.24) is 19.9 Å². The van der Waals surface area contributed by atoms with E-state index >= 15 is 0 Å². The lowest BCUT2D eigenvalue weighted by Gasteiger charge is -2.29. The highest BCUT2D eigenvalue weighted by Crippen LogP contribution is 2.29. The summed E-state index contributed by atoms with van der Waals surface area (Å²) in [5, 5.41) is 5.39. The van der Waals surface area contributed by atoms with Crippen molar-refractivity contribution >= 4 is 11.7 Å². The maximum atomic E-state index is 12.7. The van der Waals surface area contributed by atoms with E-state index in [4.69, 9.17) is 4.74 Å². The molecule has 2 aromatic heterocycles. The highest BCUT2D eigenvalue weighted by molar-refractivity contribution is 5.90. The highest BCUT2D eigenvalue weighted by atomic mass is 19.4. The second-order valence-corrected chi connectivity index (χ2v) is 6.40. The first-order chi connectivity index (χ1) is 12.7. The molecule has 3 heterocycles. The molecule has 0 saturated carbocycles. The lowest BCUT2D eigenvalue weighted by atomic mass is 10.0. The minimum atomic E-state index is -4.52. The highest BCUT2D eigenvalue weighted by Gasteiger charge is 2.33. The predicted molar refractivity (Wildman–Crippen MR) is 91.1 cm³/mol. The van der Waals surface area contributed by atoms with Crippen molar-refractivity contribution in [3.8, 4) is 0 Å². The summed E-state index contributed by atoms with van der Waals surface area (Å²) in [6.45, 7) is 1.89. The summed E-state index contributed by atoms with van der Waals surface area (Å²) in [6.07, 6.45) is -0.0426. The molecule has 3 rings (SSSR count). The summed E-state index contributed by atoms with van der Waals surface area (Å²) >= 11 is 0. The van der Waals surface area contributed by atoms with Crippen molar-refractivity contribution in [2.75, 3.05) is 11.9 Å². The summed E-state index contributed by atoms with van der Waals surface area (Å²) in [5.41, 5.74) is -0.667. The second kappa shape index (κ2) is 7.55. The van der Waals surface area contributed by atoms with Crippen LogP contribution in [0.25, 0.3) is 0 Å². The Kier molecular flexibility index (Phi) is 5.36. The standard InChI is InChI=1S/C17H20F3N5O2/c1-10-12(3-4-14(22-10)17(18,19)20)24-16(26)23-11-5-8-27-13(9-11)15-21-6-7-25(15)2/h3-4,6-7,11,13H,5,8-9H2,1-2H3,(H2,23,24,26). The van der Waals surface area contributed by atoms with Gasteiger partial charge in [-0.2, -0.15) is 13.2 Å². The monoisotopic (exact) mass is 383 g/mol. The first kappa shape index (κ1) is 19.2. The molecule has 1 aliphatic rings. The van der Waals surface area contributed by atoms with Crippen molar-refractivity contribution in [3.63, 3.8) is 0 Å². The number of carbonyl (C=O) groups is 1. The van der Waals surface area contributed by atoms with Crippen LogP contribution in [0.3, 0.4) is 0 Å². The smallest absolute Gasteiger partial charge is 0.370 e. The molecule has 2 atom stereocenters. The van der Waals surface area contributed by atoms with Crippen LogP contribution in [0.2, 0.25) is 0 Å². The number of urea groups is 1. The molecule has 1 saturated heterocycles. The van der Waals surface area contributed by atoms with E-state index in [0.717, 1.165) is 11.9 Å². The Morgan fingerprint density at radius 2 is 2.15 bits per heavy atom. The maximum absolute atomic E-state index is 12.7. The van der Waals surface area contributed by atoms with Gasteiger partial charge in [0.1, 0.15) is 17.6 Å². The fraction of sp³-hybridized carbons (Fsp3) is 0.471. The number of alkyl halides is 3. The van der Waals surface area contributed by atoms with Gasteiger partial charge in [-0.25, -0.2) is 14.8 Å². The molecule has 2 amide bonds. The average Bonchev–Trinajstić information content (AvgIpc) is 3.02. The molecule has 2 N–H and O–H groups in total. The van der Waals surface area contributed by atoms with E-state index in [9.17, 15) is 18.0 Å². The third kappa shape index (κ3) is 4.57. The van der Waals surface area contributed by atoms with E-state index in [1.807, 2.05) is 17.8 Å². The van der Waals surface area contributed by atoms with Crippen molar-refractivity contribution in [2.45, 2.75) is 38.1 Å². The number of hydrogen-bond donors (Lipinski definition) is 2. The molecule has 0 spiro atoms. The normalized spacial score (nSPS) is 20.3. The number of rotatable bonds is 3. The van der Waals surface area contributed by atoms with Crippen LogP contribution in [0.5, 0.6) is 0 Å². The van der Waals surface area contributed by atoms with Crippen molar-refractivity contribution in [3.05, 3.63) is 41.7 Å². The van der Waals surface area contributed by atoms with Gasteiger partial charge in [-0.1, -0.05) is 0 Å². The minimum Gasteiger partial charge on any atom is -0.370 e. The van der Waals surface area contributed by atoms with Gasteiger partial charge in [0, 0.05) is 38.5 Å². The summed E-state index contributed by atoms with van der Waals surface area (Å²) in [6, 6.07) is 1.41. The molecular weight excluding hydrogens is 363 g/mol. The van der Waals surface area contributed by atoms with Crippen molar-refractivity contribution in [2.24, 2.45) is 7.05 Å². The van der Waals surface area contributed by atoms with E-state index in [-0.39, 0.29) is 23.5 Å². The molecule has 0 radical (unpaired) electrons. The summed E-state index contributed by atoms with van der Waals surface area (Å²) < 4.78 is 45.6. The number of aryl methyl sites for hydroxylation is 2. The maximum Gasteiger partial charge on any atom is 0.433 e. The predicted octanol–water partition coefficient (Wildman–Crippen LogP) is 3.18. The number of aromatic nitrogens is 3. The number of halogens is 3. The number of hydrogen-bond acceptors (Lipinski definition) is 4. The van der Waals surface area contributed by atoms with Crippen LogP contribution < -0.4 is 10.6 Å². The van der Waals surface area contributed by atoms with Crippen LogP contribution in [0.4, 0.5) is 23.7 Å². The number of nitrogens with zero attached hydrogens (tertiary/aromatic N) is 3. The molecule has 0 aliphatic carbocycles. The number of pyridine rings is 1. The summed E-state index contributed by atoms with van der Waals surface area (Å²) in [7, 11) is 1.87. The molecule has 7 nitrogen and oxygen atoms in total. The third-order valence-electron chi connectivity index (χ3n) is 4.39. The first-order valence-corrected chi connectivity index (χ1v) is 8.45. The first-order valence-electron chi connectivity index (χ1n) is 8.45. The van der Waals surface area contributed by atoms with Crippen LogP contribution in [-0.2, 0) is 18.0 Å². The molecule has 0 bridgehead atoms. The molecule has 146 valence electrons. The van der Waals surface area contributed by atoms with Gasteiger partial charge in [0.25, 0.3) is 0 Å². The van der Waals surface area contributed by atoms with Gasteiger partial charge < -0.3 is 19.9 Å². The molecule has 27 heavy (non-hydrogen) atoms. The van der Waals surface area contributed by atoms with Gasteiger partial charge in [-0.05, 0) is 25.5 Å². The third-order valence-corrected chi connectivity index (χ3v) is 4.39. The van der Waals surface area contributed by atoms with Crippen LogP contribution in [-0.4, -0.2) is 33.2 Å². The van der Waals surface area contributed by atoms with E-state index in [1.54, 1.807) is 6.20 Å². The van der Waals surface area contributed by atoms with E-state index < -0.39 is 17.9 Å². The topological polar surface area (TPSA) is 81.1 Å². The molecule has 2 aromatic rings. The SMILES string of the molecule is Cc1nc(C(F)(F)F)ccc1NC(=O)NC1CCOC(c2nccn2C)C1. The van der Waals surface area contributed by atoms with Crippen LogP contribution >= 0.6 is 0 Å². The van der Waals surface area contributed by atoms with E-state index in [1.165, 1.54) is 13.0 Å². The quantitative estimate of drug-likeness (QED) is 0.853. The Morgan fingerprint density at radius 3 is 2.78 bits per heavy atom. The largest absolute Gasteiger partial charge is 0.433 e. The summed E-state index contributed by atoms with van der Waals surface area (Å²) in [4.78, 5) is 20.0. The number of imidazole rings is 1. The Hall–Kier alpha value is -2.62.